The SMILES string of the molecule is O=C1CC=C(C(O)CO)O1. The van der Waals surface area contributed by atoms with Crippen molar-refractivity contribution in [3.05, 3.63) is 11.8 Å². The molecule has 2 N–H and O–H groups in total. The highest BCUT2D eigenvalue weighted by molar-refractivity contribution is 5.75. The molecule has 0 aromatic rings. The van der Waals surface area contributed by atoms with Crippen LogP contribution in [0, 0.1) is 0 Å². The Labute approximate surface area is 57.7 Å². The van der Waals surface area contributed by atoms with Gasteiger partial charge >= 0.3 is 5.97 Å². The van der Waals surface area contributed by atoms with Crippen LogP contribution < -0.4 is 0 Å². The van der Waals surface area contributed by atoms with Crippen molar-refractivity contribution in [1.82, 2.24) is 0 Å². The molecule has 1 unspecified atom stereocenters. The number of hydrogen-bond acceptors (Lipinski definition) is 4. The van der Waals surface area contributed by atoms with Gasteiger partial charge in [-0.2, -0.15) is 0 Å². The molecule has 4 heteroatoms. The van der Waals surface area contributed by atoms with E-state index in [-0.39, 0.29) is 18.1 Å². The van der Waals surface area contributed by atoms with E-state index in [4.69, 9.17) is 10.2 Å². The first kappa shape index (κ1) is 7.24. The summed E-state index contributed by atoms with van der Waals surface area (Å²) in [5.41, 5.74) is 0. The number of ether oxygens (including phenoxy) is 1. The molecule has 10 heavy (non-hydrogen) atoms. The average Bonchev–Trinajstić information content (AvgIpc) is 2.34. The largest absolute Gasteiger partial charge is 0.428 e. The molecule has 56 valence electrons. The van der Waals surface area contributed by atoms with Crippen LogP contribution in [0.5, 0.6) is 0 Å². The second-order valence-corrected chi connectivity index (χ2v) is 1.98. The maximum absolute atomic E-state index is 10.4. The molecular weight excluding hydrogens is 136 g/mol. The molecular formula is C6H8O4. The summed E-state index contributed by atoms with van der Waals surface area (Å²) in [4.78, 5) is 10.4. The van der Waals surface area contributed by atoms with Crippen molar-refractivity contribution in [2.24, 2.45) is 0 Å². The molecule has 1 heterocycles. The van der Waals surface area contributed by atoms with Gasteiger partial charge in [0.2, 0.25) is 0 Å². The summed E-state index contributed by atoms with van der Waals surface area (Å²) in [6, 6.07) is 0. The lowest BCUT2D eigenvalue weighted by atomic mass is 10.3. The molecule has 0 aromatic carbocycles. The lowest BCUT2D eigenvalue weighted by Gasteiger charge is -2.05. The topological polar surface area (TPSA) is 66.8 Å². The summed E-state index contributed by atoms with van der Waals surface area (Å²) in [6.45, 7) is -0.418. The Morgan fingerprint density at radius 2 is 2.50 bits per heavy atom. The van der Waals surface area contributed by atoms with Gasteiger partial charge in [-0.25, -0.2) is 0 Å². The predicted octanol–water partition coefficient (Wildman–Crippen LogP) is -0.830. The molecule has 0 spiro atoms. The summed E-state index contributed by atoms with van der Waals surface area (Å²) in [5.74, 6) is -0.227. The van der Waals surface area contributed by atoms with Crippen molar-refractivity contribution in [2.45, 2.75) is 12.5 Å². The van der Waals surface area contributed by atoms with Crippen molar-refractivity contribution in [2.75, 3.05) is 6.61 Å². The molecule has 0 aliphatic carbocycles. The Kier molecular flexibility index (Phi) is 2.03. The molecule has 0 aromatic heterocycles. The van der Waals surface area contributed by atoms with Crippen LogP contribution in [0.4, 0.5) is 0 Å². The summed E-state index contributed by atoms with van der Waals surface area (Å²) in [5, 5.41) is 17.3. The maximum Gasteiger partial charge on any atom is 0.314 e. The number of aliphatic hydroxyl groups excluding tert-OH is 2. The molecule has 0 saturated carbocycles. The van der Waals surface area contributed by atoms with Crippen LogP contribution >= 0.6 is 0 Å². The quantitative estimate of drug-likeness (QED) is 0.496. The molecule has 0 radical (unpaired) electrons. The highest BCUT2D eigenvalue weighted by atomic mass is 16.6. The van der Waals surface area contributed by atoms with Crippen LogP contribution in [-0.4, -0.2) is 28.9 Å². The van der Waals surface area contributed by atoms with Gasteiger partial charge in [0.1, 0.15) is 11.9 Å². The standard InChI is InChI=1S/C6H8O4/c7-3-4(8)5-1-2-6(9)10-5/h1,4,7-8H,2-3H2. The predicted molar refractivity (Wildman–Crippen MR) is 31.9 cm³/mol. The highest BCUT2D eigenvalue weighted by Crippen LogP contribution is 2.13. The zero-order valence-electron chi connectivity index (χ0n) is 5.28. The molecule has 0 bridgehead atoms. The third-order valence-electron chi connectivity index (χ3n) is 1.20. The maximum atomic E-state index is 10.4. The lowest BCUT2D eigenvalue weighted by molar-refractivity contribution is -0.138. The van der Waals surface area contributed by atoms with Gasteiger partial charge in [-0.1, -0.05) is 0 Å². The van der Waals surface area contributed by atoms with E-state index in [0.29, 0.717) is 0 Å². The minimum atomic E-state index is -1.05. The minimum Gasteiger partial charge on any atom is -0.428 e. The van der Waals surface area contributed by atoms with Gasteiger partial charge in [0.05, 0.1) is 13.0 Å². The fourth-order valence-electron chi connectivity index (χ4n) is 0.693. The fraction of sp³-hybridized carbons (Fsp3) is 0.500. The lowest BCUT2D eigenvalue weighted by Crippen LogP contribution is -2.16. The number of cyclic esters (lactones) is 1. The third-order valence-corrected chi connectivity index (χ3v) is 1.20. The van der Waals surface area contributed by atoms with E-state index >= 15 is 0 Å². The summed E-state index contributed by atoms with van der Waals surface area (Å²) >= 11 is 0. The first-order chi connectivity index (χ1) is 4.74. The van der Waals surface area contributed by atoms with Gasteiger partial charge in [-0.05, 0) is 6.08 Å². The van der Waals surface area contributed by atoms with Crippen LogP contribution in [0.15, 0.2) is 11.8 Å². The van der Waals surface area contributed by atoms with E-state index in [0.717, 1.165) is 0 Å². The smallest absolute Gasteiger partial charge is 0.314 e. The Bertz CT molecular complexity index is 173. The van der Waals surface area contributed by atoms with Gasteiger partial charge in [-0.3, -0.25) is 4.79 Å². The van der Waals surface area contributed by atoms with E-state index in [1.165, 1.54) is 6.08 Å². The second-order valence-electron chi connectivity index (χ2n) is 1.98. The van der Waals surface area contributed by atoms with Crippen molar-refractivity contribution in [3.8, 4) is 0 Å². The summed E-state index contributed by atoms with van der Waals surface area (Å²) in [6.07, 6.45) is 0.599. The Balaban J connectivity index is 2.50. The number of hydrogen-bond donors (Lipinski definition) is 2. The van der Waals surface area contributed by atoms with Crippen molar-refractivity contribution in [1.29, 1.82) is 0 Å². The number of carbonyl (C=O) groups is 1. The highest BCUT2D eigenvalue weighted by Gasteiger charge is 2.20. The Morgan fingerprint density at radius 1 is 1.80 bits per heavy atom. The fourth-order valence-corrected chi connectivity index (χ4v) is 0.693. The molecule has 4 nitrogen and oxygen atoms in total. The molecule has 0 fully saturated rings. The molecule has 0 saturated heterocycles. The van der Waals surface area contributed by atoms with Crippen molar-refractivity contribution in [3.63, 3.8) is 0 Å². The van der Waals surface area contributed by atoms with Crippen LogP contribution in [0.1, 0.15) is 6.42 Å². The van der Waals surface area contributed by atoms with Gasteiger partial charge in [0, 0.05) is 0 Å². The van der Waals surface area contributed by atoms with E-state index in [1.54, 1.807) is 0 Å². The minimum absolute atomic E-state index is 0.160. The summed E-state index contributed by atoms with van der Waals surface area (Å²) < 4.78 is 4.53. The van der Waals surface area contributed by atoms with E-state index in [9.17, 15) is 4.79 Å². The Morgan fingerprint density at radius 3 is 2.90 bits per heavy atom. The van der Waals surface area contributed by atoms with Crippen LogP contribution in [-0.2, 0) is 9.53 Å². The summed E-state index contributed by atoms with van der Waals surface area (Å²) in [7, 11) is 0. The number of esters is 1. The van der Waals surface area contributed by atoms with Crippen molar-refractivity contribution >= 4 is 5.97 Å². The second kappa shape index (κ2) is 2.81. The normalized spacial score (nSPS) is 20.2. The molecule has 1 rings (SSSR count). The monoisotopic (exact) mass is 144 g/mol. The average molecular weight is 144 g/mol. The first-order valence-corrected chi connectivity index (χ1v) is 2.93. The van der Waals surface area contributed by atoms with Gasteiger partial charge in [-0.15, -0.1) is 0 Å². The van der Waals surface area contributed by atoms with Crippen molar-refractivity contribution < 1.29 is 19.7 Å². The first-order valence-electron chi connectivity index (χ1n) is 2.93. The third kappa shape index (κ3) is 1.34. The number of aliphatic hydroxyl groups is 2. The molecule has 1 aliphatic rings. The molecule has 1 aliphatic heterocycles. The molecule has 1 atom stereocenters. The van der Waals surface area contributed by atoms with Gasteiger partial charge in [0.15, 0.2) is 0 Å². The number of rotatable bonds is 2. The van der Waals surface area contributed by atoms with E-state index in [2.05, 4.69) is 4.74 Å². The van der Waals surface area contributed by atoms with Crippen LogP contribution in [0.3, 0.4) is 0 Å². The van der Waals surface area contributed by atoms with E-state index < -0.39 is 12.7 Å². The van der Waals surface area contributed by atoms with Crippen LogP contribution in [0.2, 0.25) is 0 Å². The Hall–Kier alpha value is -0.870. The van der Waals surface area contributed by atoms with Gasteiger partial charge in [0.25, 0.3) is 0 Å². The molecule has 0 amide bonds. The zero-order valence-corrected chi connectivity index (χ0v) is 5.28. The zero-order chi connectivity index (χ0) is 7.56. The van der Waals surface area contributed by atoms with Gasteiger partial charge < -0.3 is 14.9 Å². The van der Waals surface area contributed by atoms with Crippen LogP contribution in [0.25, 0.3) is 0 Å². The van der Waals surface area contributed by atoms with E-state index in [1.807, 2.05) is 0 Å². The number of carbonyl (C=O) groups excluding carboxylic acids is 1.